The van der Waals surface area contributed by atoms with Crippen LogP contribution in [0.2, 0.25) is 0 Å². The maximum absolute atomic E-state index is 11.7. The van der Waals surface area contributed by atoms with Crippen LogP contribution in [0.3, 0.4) is 0 Å². The molecule has 4 nitrogen and oxygen atoms in total. The Hall–Kier alpha value is -0.770. The van der Waals surface area contributed by atoms with Crippen LogP contribution in [0.1, 0.15) is 67.2 Å². The molecule has 2 atom stereocenters. The van der Waals surface area contributed by atoms with Crippen molar-refractivity contribution in [3.05, 3.63) is 0 Å². The van der Waals surface area contributed by atoms with E-state index in [2.05, 4.69) is 31.4 Å². The van der Waals surface area contributed by atoms with Gasteiger partial charge in [0.25, 0.3) is 0 Å². The molecule has 0 aliphatic carbocycles. The molecule has 2 N–H and O–H groups in total. The summed E-state index contributed by atoms with van der Waals surface area (Å²) in [4.78, 5) is 11.7. The third-order valence-corrected chi connectivity index (χ3v) is 3.25. The van der Waals surface area contributed by atoms with Gasteiger partial charge in [-0.3, -0.25) is 0 Å². The summed E-state index contributed by atoms with van der Waals surface area (Å²) in [5, 5.41) is 6.42. The standard InChI is InChI=1S/C16H34N2O2/c1-7-9-10-14(17-11-13(3)8-2)12-18-15(19)20-16(4,5)6/h13-14,17H,7-12H2,1-6H3,(H,18,19). The number of alkyl carbamates (subject to hydrolysis) is 1. The number of amides is 1. The van der Waals surface area contributed by atoms with Crippen LogP contribution in [0.25, 0.3) is 0 Å². The maximum atomic E-state index is 11.7. The summed E-state index contributed by atoms with van der Waals surface area (Å²) in [6.45, 7) is 13.9. The lowest BCUT2D eigenvalue weighted by atomic mass is 10.1. The zero-order valence-corrected chi connectivity index (χ0v) is 14.2. The molecule has 0 aromatic heterocycles. The number of nitrogens with one attached hydrogen (secondary N) is 2. The van der Waals surface area contributed by atoms with Gasteiger partial charge in [0, 0.05) is 12.6 Å². The van der Waals surface area contributed by atoms with E-state index in [1.165, 1.54) is 19.3 Å². The Morgan fingerprint density at radius 3 is 2.35 bits per heavy atom. The molecule has 4 heteroatoms. The van der Waals surface area contributed by atoms with Crippen LogP contribution >= 0.6 is 0 Å². The average molecular weight is 286 g/mol. The second-order valence-electron chi connectivity index (χ2n) is 6.64. The first-order valence-corrected chi connectivity index (χ1v) is 7.98. The predicted octanol–water partition coefficient (Wildman–Crippen LogP) is 3.71. The van der Waals surface area contributed by atoms with Crippen LogP contribution in [0.15, 0.2) is 0 Å². The van der Waals surface area contributed by atoms with Crippen molar-refractivity contribution in [1.82, 2.24) is 10.6 Å². The third-order valence-electron chi connectivity index (χ3n) is 3.25. The lowest BCUT2D eigenvalue weighted by Crippen LogP contribution is -2.43. The van der Waals surface area contributed by atoms with E-state index in [1.54, 1.807) is 0 Å². The van der Waals surface area contributed by atoms with Crippen molar-refractivity contribution in [2.24, 2.45) is 5.92 Å². The number of ether oxygens (including phenoxy) is 1. The van der Waals surface area contributed by atoms with Gasteiger partial charge in [-0.1, -0.05) is 40.0 Å². The number of unbranched alkanes of at least 4 members (excludes halogenated alkanes) is 1. The Bertz CT molecular complexity index is 262. The monoisotopic (exact) mass is 286 g/mol. The summed E-state index contributed by atoms with van der Waals surface area (Å²) in [6, 6.07) is 0.330. The van der Waals surface area contributed by atoms with Gasteiger partial charge in [0.2, 0.25) is 0 Å². The molecule has 120 valence electrons. The van der Waals surface area contributed by atoms with Crippen molar-refractivity contribution in [2.75, 3.05) is 13.1 Å². The minimum atomic E-state index is -0.437. The second-order valence-corrected chi connectivity index (χ2v) is 6.64. The molecular weight excluding hydrogens is 252 g/mol. The molecule has 0 rings (SSSR count). The SMILES string of the molecule is CCCCC(CNC(=O)OC(C)(C)C)NCC(C)CC. The molecule has 0 aliphatic heterocycles. The highest BCUT2D eigenvalue weighted by Gasteiger charge is 2.17. The lowest BCUT2D eigenvalue weighted by molar-refractivity contribution is 0.0521. The van der Waals surface area contributed by atoms with Crippen molar-refractivity contribution in [3.8, 4) is 0 Å². The molecule has 20 heavy (non-hydrogen) atoms. The summed E-state index contributed by atoms with van der Waals surface area (Å²) in [5.41, 5.74) is -0.437. The fourth-order valence-electron chi connectivity index (χ4n) is 1.76. The van der Waals surface area contributed by atoms with Crippen molar-refractivity contribution >= 4 is 6.09 Å². The summed E-state index contributed by atoms with van der Waals surface area (Å²) >= 11 is 0. The van der Waals surface area contributed by atoms with Crippen molar-refractivity contribution < 1.29 is 9.53 Å². The fraction of sp³-hybridized carbons (Fsp3) is 0.938. The molecule has 0 saturated carbocycles. The Morgan fingerprint density at radius 2 is 1.85 bits per heavy atom. The van der Waals surface area contributed by atoms with Gasteiger partial charge in [-0.25, -0.2) is 4.79 Å². The van der Waals surface area contributed by atoms with Crippen LogP contribution in [0.5, 0.6) is 0 Å². The minimum absolute atomic E-state index is 0.329. The van der Waals surface area contributed by atoms with E-state index in [9.17, 15) is 4.79 Å². The van der Waals surface area contributed by atoms with E-state index in [-0.39, 0.29) is 6.09 Å². The van der Waals surface area contributed by atoms with Crippen molar-refractivity contribution in [2.45, 2.75) is 78.9 Å². The van der Waals surface area contributed by atoms with Gasteiger partial charge >= 0.3 is 6.09 Å². The van der Waals surface area contributed by atoms with Gasteiger partial charge in [0.1, 0.15) is 5.60 Å². The molecule has 2 unspecified atom stereocenters. The van der Waals surface area contributed by atoms with Gasteiger partial charge in [0.15, 0.2) is 0 Å². The zero-order valence-electron chi connectivity index (χ0n) is 14.2. The highest BCUT2D eigenvalue weighted by atomic mass is 16.6. The molecule has 0 spiro atoms. The maximum Gasteiger partial charge on any atom is 0.407 e. The van der Waals surface area contributed by atoms with Gasteiger partial charge in [-0.15, -0.1) is 0 Å². The quantitative estimate of drug-likeness (QED) is 0.679. The molecule has 0 aromatic carbocycles. The number of carbonyl (C=O) groups excluding carboxylic acids is 1. The molecule has 0 radical (unpaired) electrons. The Balaban J connectivity index is 4.11. The first-order chi connectivity index (χ1) is 9.28. The van der Waals surface area contributed by atoms with Crippen molar-refractivity contribution in [3.63, 3.8) is 0 Å². The molecular formula is C16H34N2O2. The summed E-state index contributed by atoms with van der Waals surface area (Å²) in [6.07, 6.45) is 4.28. The lowest BCUT2D eigenvalue weighted by Gasteiger charge is -2.23. The molecule has 0 aromatic rings. The van der Waals surface area contributed by atoms with E-state index in [0.717, 1.165) is 13.0 Å². The van der Waals surface area contributed by atoms with Crippen LogP contribution in [-0.2, 0) is 4.74 Å². The van der Waals surface area contributed by atoms with Crippen molar-refractivity contribution in [1.29, 1.82) is 0 Å². The minimum Gasteiger partial charge on any atom is -0.444 e. The van der Waals surface area contributed by atoms with E-state index in [4.69, 9.17) is 4.74 Å². The molecule has 0 saturated heterocycles. The van der Waals surface area contributed by atoms with E-state index >= 15 is 0 Å². The highest BCUT2D eigenvalue weighted by Crippen LogP contribution is 2.07. The van der Waals surface area contributed by atoms with Gasteiger partial charge in [-0.2, -0.15) is 0 Å². The molecule has 0 heterocycles. The van der Waals surface area contributed by atoms with Crippen LogP contribution < -0.4 is 10.6 Å². The first kappa shape index (κ1) is 19.2. The molecule has 0 bridgehead atoms. The second kappa shape index (κ2) is 10.0. The Labute approximate surface area is 125 Å². The average Bonchev–Trinajstić information content (AvgIpc) is 2.35. The molecule has 0 aliphatic rings. The zero-order chi connectivity index (χ0) is 15.6. The highest BCUT2D eigenvalue weighted by molar-refractivity contribution is 5.67. The molecule has 1 amide bonds. The van der Waals surface area contributed by atoms with Crippen LogP contribution in [0, 0.1) is 5.92 Å². The fourth-order valence-corrected chi connectivity index (χ4v) is 1.76. The Morgan fingerprint density at radius 1 is 1.20 bits per heavy atom. The largest absolute Gasteiger partial charge is 0.444 e. The summed E-state index contributed by atoms with van der Waals surface area (Å²) < 4.78 is 5.26. The number of carbonyl (C=O) groups is 1. The van der Waals surface area contributed by atoms with Gasteiger partial charge in [0.05, 0.1) is 0 Å². The predicted molar refractivity (Wildman–Crippen MR) is 85.0 cm³/mol. The van der Waals surface area contributed by atoms with E-state index in [0.29, 0.717) is 18.5 Å². The van der Waals surface area contributed by atoms with Crippen LogP contribution in [-0.4, -0.2) is 30.8 Å². The van der Waals surface area contributed by atoms with Gasteiger partial charge < -0.3 is 15.4 Å². The first-order valence-electron chi connectivity index (χ1n) is 7.98. The normalized spacial score (nSPS) is 14.7. The summed E-state index contributed by atoms with van der Waals surface area (Å²) in [5.74, 6) is 0.667. The third kappa shape index (κ3) is 11.1. The van der Waals surface area contributed by atoms with E-state index in [1.807, 2.05) is 20.8 Å². The topological polar surface area (TPSA) is 50.4 Å². The summed E-state index contributed by atoms with van der Waals surface area (Å²) in [7, 11) is 0. The molecule has 0 fully saturated rings. The number of rotatable bonds is 9. The van der Waals surface area contributed by atoms with Crippen LogP contribution in [0.4, 0.5) is 4.79 Å². The van der Waals surface area contributed by atoms with Gasteiger partial charge in [-0.05, 0) is 39.7 Å². The Kier molecular flexibility index (Phi) is 9.64. The number of hydrogen-bond acceptors (Lipinski definition) is 3. The smallest absolute Gasteiger partial charge is 0.407 e. The number of hydrogen-bond donors (Lipinski definition) is 2. The van der Waals surface area contributed by atoms with E-state index < -0.39 is 5.60 Å².